The molecule has 0 aliphatic rings. The number of hydrogen-bond acceptors (Lipinski definition) is 4. The van der Waals surface area contributed by atoms with Crippen LogP contribution in [0, 0.1) is 0 Å². The number of ether oxygens (including phenoxy) is 2. The maximum atomic E-state index is 12.1. The Labute approximate surface area is 150 Å². The van der Waals surface area contributed by atoms with Crippen LogP contribution in [0.15, 0.2) is 36.4 Å². The fourth-order valence-electron chi connectivity index (χ4n) is 2.06. The van der Waals surface area contributed by atoms with Crippen LogP contribution in [0.3, 0.4) is 0 Å². The van der Waals surface area contributed by atoms with Crippen molar-refractivity contribution >= 4 is 40.5 Å². The van der Waals surface area contributed by atoms with Gasteiger partial charge in [0.25, 0.3) is 0 Å². The van der Waals surface area contributed by atoms with E-state index in [-0.39, 0.29) is 12.3 Å². The molecular weight excluding hydrogens is 351 g/mol. The highest BCUT2D eigenvalue weighted by Crippen LogP contribution is 2.29. The summed E-state index contributed by atoms with van der Waals surface area (Å²) in [5.41, 5.74) is 1.28. The van der Waals surface area contributed by atoms with Crippen molar-refractivity contribution < 1.29 is 14.3 Å². The van der Waals surface area contributed by atoms with E-state index in [4.69, 9.17) is 32.7 Å². The Kier molecular flexibility index (Phi) is 6.58. The third-order valence-corrected chi connectivity index (χ3v) is 3.84. The summed E-state index contributed by atoms with van der Waals surface area (Å²) < 4.78 is 10.4. The summed E-state index contributed by atoms with van der Waals surface area (Å²) in [6.45, 7) is 0.421. The number of rotatable bonds is 7. The van der Waals surface area contributed by atoms with Crippen molar-refractivity contribution in [2.24, 2.45) is 0 Å². The van der Waals surface area contributed by atoms with Crippen LogP contribution in [-0.4, -0.2) is 26.7 Å². The van der Waals surface area contributed by atoms with E-state index in [1.54, 1.807) is 43.5 Å². The summed E-state index contributed by atoms with van der Waals surface area (Å²) >= 11 is 12.0. The number of carbonyl (C=O) groups excluding carboxylic acids is 1. The number of amides is 1. The lowest BCUT2D eigenvalue weighted by Crippen LogP contribution is -2.16. The van der Waals surface area contributed by atoms with Crippen molar-refractivity contribution in [3.63, 3.8) is 0 Å². The molecule has 2 aromatic rings. The van der Waals surface area contributed by atoms with Crippen LogP contribution in [-0.2, 0) is 4.79 Å². The molecule has 2 aromatic carbocycles. The van der Waals surface area contributed by atoms with Gasteiger partial charge >= 0.3 is 0 Å². The molecule has 0 fully saturated rings. The second-order valence-corrected chi connectivity index (χ2v) is 5.76. The molecule has 0 unspecified atom stereocenters. The molecule has 0 saturated carbocycles. The fourth-order valence-corrected chi connectivity index (χ4v) is 2.41. The topological polar surface area (TPSA) is 59.6 Å². The van der Waals surface area contributed by atoms with Gasteiger partial charge in [0, 0.05) is 24.1 Å². The summed E-state index contributed by atoms with van der Waals surface area (Å²) in [6.07, 6.45) is 0.262. The first-order valence-electron chi connectivity index (χ1n) is 7.24. The lowest BCUT2D eigenvalue weighted by atomic mass is 10.2. The largest absolute Gasteiger partial charge is 0.497 e. The second-order valence-electron chi connectivity index (χ2n) is 4.92. The quantitative estimate of drug-likeness (QED) is 0.757. The molecule has 5 nitrogen and oxygen atoms in total. The number of methoxy groups -OCH3 is 2. The zero-order chi connectivity index (χ0) is 17.5. The number of carbonyl (C=O) groups is 1. The summed E-state index contributed by atoms with van der Waals surface area (Å²) in [5, 5.41) is 7.03. The van der Waals surface area contributed by atoms with E-state index in [9.17, 15) is 4.79 Å². The molecule has 0 aliphatic heterocycles. The molecular formula is C17H18Cl2N2O3. The summed E-state index contributed by atoms with van der Waals surface area (Å²) in [4.78, 5) is 12.1. The maximum absolute atomic E-state index is 12.1. The highest BCUT2D eigenvalue weighted by Gasteiger charge is 2.09. The van der Waals surface area contributed by atoms with Gasteiger partial charge in [-0.1, -0.05) is 23.2 Å². The molecule has 0 atom stereocenters. The number of halogens is 2. The Morgan fingerprint density at radius 2 is 1.83 bits per heavy atom. The average Bonchev–Trinajstić information content (AvgIpc) is 2.58. The van der Waals surface area contributed by atoms with Crippen LogP contribution in [0.2, 0.25) is 10.0 Å². The van der Waals surface area contributed by atoms with Gasteiger partial charge in [0.15, 0.2) is 0 Å². The molecule has 24 heavy (non-hydrogen) atoms. The molecule has 0 bridgehead atoms. The average molecular weight is 369 g/mol. The van der Waals surface area contributed by atoms with E-state index < -0.39 is 0 Å². The van der Waals surface area contributed by atoms with Crippen molar-refractivity contribution in [3.05, 3.63) is 46.4 Å². The van der Waals surface area contributed by atoms with Gasteiger partial charge in [0.2, 0.25) is 5.91 Å². The minimum absolute atomic E-state index is 0.149. The Bertz CT molecular complexity index is 723. The van der Waals surface area contributed by atoms with Crippen molar-refractivity contribution in [2.75, 3.05) is 31.4 Å². The zero-order valence-electron chi connectivity index (χ0n) is 13.4. The third kappa shape index (κ3) is 4.94. The van der Waals surface area contributed by atoms with Crippen LogP contribution in [0.5, 0.6) is 11.5 Å². The first-order chi connectivity index (χ1) is 11.5. The fraction of sp³-hybridized carbons (Fsp3) is 0.235. The van der Waals surface area contributed by atoms with Gasteiger partial charge in [-0.3, -0.25) is 4.79 Å². The molecule has 2 N–H and O–H groups in total. The number of hydrogen-bond donors (Lipinski definition) is 2. The normalized spacial score (nSPS) is 10.2. The van der Waals surface area contributed by atoms with Crippen molar-refractivity contribution in [2.45, 2.75) is 6.42 Å². The standard InChI is InChI=1S/C17H18Cl2N2O3/c1-23-12-4-6-14(16(10-12)24-2)21-17(22)7-8-20-15-9-11(18)3-5-13(15)19/h3-6,9-10,20H,7-8H2,1-2H3,(H,21,22). The minimum atomic E-state index is -0.149. The zero-order valence-corrected chi connectivity index (χ0v) is 14.9. The number of nitrogens with one attached hydrogen (secondary N) is 2. The minimum Gasteiger partial charge on any atom is -0.497 e. The van der Waals surface area contributed by atoms with E-state index in [0.29, 0.717) is 39.5 Å². The highest BCUT2D eigenvalue weighted by atomic mass is 35.5. The molecule has 1 amide bonds. The monoisotopic (exact) mass is 368 g/mol. The van der Waals surface area contributed by atoms with Gasteiger partial charge < -0.3 is 20.1 Å². The lowest BCUT2D eigenvalue weighted by Gasteiger charge is -2.12. The molecule has 0 saturated heterocycles. The van der Waals surface area contributed by atoms with Gasteiger partial charge in [-0.05, 0) is 30.3 Å². The van der Waals surface area contributed by atoms with Gasteiger partial charge in [0.1, 0.15) is 11.5 Å². The molecule has 2 rings (SSSR count). The van der Waals surface area contributed by atoms with Crippen LogP contribution in [0.1, 0.15) is 6.42 Å². The van der Waals surface area contributed by atoms with E-state index >= 15 is 0 Å². The molecule has 0 aromatic heterocycles. The molecule has 0 spiro atoms. The number of benzene rings is 2. The SMILES string of the molecule is COc1ccc(NC(=O)CCNc2cc(Cl)ccc2Cl)c(OC)c1. The first-order valence-corrected chi connectivity index (χ1v) is 8.00. The van der Waals surface area contributed by atoms with Crippen LogP contribution in [0.4, 0.5) is 11.4 Å². The predicted molar refractivity (Wildman–Crippen MR) is 97.7 cm³/mol. The van der Waals surface area contributed by atoms with Crippen LogP contribution in [0.25, 0.3) is 0 Å². The molecule has 0 heterocycles. The molecule has 7 heteroatoms. The maximum Gasteiger partial charge on any atom is 0.226 e. The third-order valence-electron chi connectivity index (χ3n) is 3.28. The Morgan fingerprint density at radius 1 is 1.04 bits per heavy atom. The van der Waals surface area contributed by atoms with E-state index in [1.807, 2.05) is 0 Å². The molecule has 0 radical (unpaired) electrons. The van der Waals surface area contributed by atoms with E-state index in [2.05, 4.69) is 10.6 Å². The van der Waals surface area contributed by atoms with Crippen LogP contribution >= 0.6 is 23.2 Å². The lowest BCUT2D eigenvalue weighted by molar-refractivity contribution is -0.116. The van der Waals surface area contributed by atoms with Gasteiger partial charge in [-0.25, -0.2) is 0 Å². The smallest absolute Gasteiger partial charge is 0.226 e. The van der Waals surface area contributed by atoms with Gasteiger partial charge in [-0.2, -0.15) is 0 Å². The van der Waals surface area contributed by atoms with Crippen molar-refractivity contribution in [1.82, 2.24) is 0 Å². The predicted octanol–water partition coefficient (Wildman–Crippen LogP) is 4.45. The van der Waals surface area contributed by atoms with Crippen molar-refractivity contribution in [1.29, 1.82) is 0 Å². The Morgan fingerprint density at radius 3 is 2.54 bits per heavy atom. The van der Waals surface area contributed by atoms with Gasteiger partial charge in [-0.15, -0.1) is 0 Å². The first kappa shape index (κ1) is 18.2. The van der Waals surface area contributed by atoms with E-state index in [0.717, 1.165) is 0 Å². The molecule has 0 aliphatic carbocycles. The Balaban J connectivity index is 1.90. The summed E-state index contributed by atoms with van der Waals surface area (Å²) in [7, 11) is 3.10. The summed E-state index contributed by atoms with van der Waals surface area (Å²) in [5.74, 6) is 1.04. The van der Waals surface area contributed by atoms with Crippen molar-refractivity contribution in [3.8, 4) is 11.5 Å². The van der Waals surface area contributed by atoms with E-state index in [1.165, 1.54) is 7.11 Å². The highest BCUT2D eigenvalue weighted by molar-refractivity contribution is 6.35. The Hall–Kier alpha value is -2.11. The van der Waals surface area contributed by atoms with Crippen LogP contribution < -0.4 is 20.1 Å². The number of anilines is 2. The molecule has 128 valence electrons. The van der Waals surface area contributed by atoms with Gasteiger partial charge in [0.05, 0.1) is 30.6 Å². The second kappa shape index (κ2) is 8.66. The summed E-state index contributed by atoms with van der Waals surface area (Å²) in [6, 6.07) is 10.3.